The van der Waals surface area contributed by atoms with Gasteiger partial charge in [0.15, 0.2) is 0 Å². The summed E-state index contributed by atoms with van der Waals surface area (Å²) in [6, 6.07) is 10.7. The minimum absolute atomic E-state index is 0.0567. The number of hydrogen-bond acceptors (Lipinski definition) is 3. The summed E-state index contributed by atoms with van der Waals surface area (Å²) < 4.78 is 25.6. The number of rotatable bonds is 4. The van der Waals surface area contributed by atoms with Crippen LogP contribution in [0, 0.1) is 0 Å². The lowest BCUT2D eigenvalue weighted by molar-refractivity contribution is 0.102. The fraction of sp³-hybridized carbons (Fsp3) is 0.0714. The number of carbonyl (C=O) groups excluding carboxylic acids is 1. The van der Waals surface area contributed by atoms with Crippen molar-refractivity contribution in [2.75, 3.05) is 5.32 Å². The predicted molar refractivity (Wildman–Crippen MR) is 82.1 cm³/mol. The van der Waals surface area contributed by atoms with Crippen molar-refractivity contribution < 1.29 is 18.7 Å². The molecule has 3 nitrogen and oxygen atoms in total. The van der Waals surface area contributed by atoms with Crippen molar-refractivity contribution in [1.82, 2.24) is 0 Å². The van der Waals surface area contributed by atoms with Crippen molar-refractivity contribution in [3.8, 4) is 5.75 Å². The smallest absolute Gasteiger partial charge is 0.288 e. The van der Waals surface area contributed by atoms with Gasteiger partial charge in [-0.05, 0) is 30.3 Å². The van der Waals surface area contributed by atoms with Gasteiger partial charge in [0.1, 0.15) is 5.75 Å². The van der Waals surface area contributed by atoms with Crippen LogP contribution in [0.25, 0.3) is 0 Å². The summed E-state index contributed by atoms with van der Waals surface area (Å²) in [5.74, 6) is -3.34. The van der Waals surface area contributed by atoms with E-state index in [0.29, 0.717) is 16.2 Å². The minimum atomic E-state index is -2.58. The number of hydrogen-bond donors (Lipinski definition) is 2. The molecule has 0 unspecified atom stereocenters. The Morgan fingerprint density at radius 1 is 1.24 bits per heavy atom. The normalized spacial score (nSPS) is 10.7. The number of halogens is 3. The number of phenols is 1. The molecule has 0 saturated carbocycles. The maximum absolute atomic E-state index is 12.5. The highest BCUT2D eigenvalue weighted by Gasteiger charge is 2.15. The van der Waals surface area contributed by atoms with E-state index in [1.807, 2.05) is 0 Å². The molecule has 0 aliphatic rings. The summed E-state index contributed by atoms with van der Waals surface area (Å²) in [6.07, 6.45) is 0. The largest absolute Gasteiger partial charge is 0.507 e. The number of aromatic hydroxyl groups is 1. The number of nitrogens with one attached hydrogen (secondary N) is 1. The molecule has 0 atom stereocenters. The Bertz CT molecular complexity index is 667. The Morgan fingerprint density at radius 2 is 1.95 bits per heavy atom. The monoisotopic (exact) mass is 373 g/mol. The van der Waals surface area contributed by atoms with E-state index < -0.39 is 11.7 Å². The van der Waals surface area contributed by atoms with E-state index in [0.717, 1.165) is 0 Å². The fourth-order valence-electron chi connectivity index (χ4n) is 1.65. The summed E-state index contributed by atoms with van der Waals surface area (Å²) >= 11 is 3.55. The number of carbonyl (C=O) groups is 1. The molecule has 0 bridgehead atoms. The topological polar surface area (TPSA) is 49.3 Å². The quantitative estimate of drug-likeness (QED) is 0.762. The van der Waals surface area contributed by atoms with Gasteiger partial charge in [0, 0.05) is 9.37 Å². The van der Waals surface area contributed by atoms with E-state index in [1.165, 1.54) is 24.3 Å². The van der Waals surface area contributed by atoms with Crippen molar-refractivity contribution in [2.45, 2.75) is 10.7 Å². The van der Waals surface area contributed by atoms with E-state index in [4.69, 9.17) is 0 Å². The molecule has 0 heterocycles. The number of phenolic OH excluding ortho intramolecular Hbond substituents is 1. The summed E-state index contributed by atoms with van der Waals surface area (Å²) in [5.41, 5.74) is 0.327. The zero-order chi connectivity index (χ0) is 15.4. The predicted octanol–water partition coefficient (Wildman–Crippen LogP) is 4.72. The third-order valence-electron chi connectivity index (χ3n) is 2.55. The van der Waals surface area contributed by atoms with Crippen molar-refractivity contribution in [1.29, 1.82) is 0 Å². The summed E-state index contributed by atoms with van der Waals surface area (Å²) in [6.45, 7) is 0. The van der Waals surface area contributed by atoms with Gasteiger partial charge in [0.25, 0.3) is 11.7 Å². The molecule has 110 valence electrons. The third kappa shape index (κ3) is 4.18. The summed E-state index contributed by atoms with van der Waals surface area (Å²) in [7, 11) is 0. The van der Waals surface area contributed by atoms with Gasteiger partial charge < -0.3 is 10.4 Å². The molecule has 0 aliphatic heterocycles. The van der Waals surface area contributed by atoms with Crippen LogP contribution in [0.1, 0.15) is 10.4 Å². The number of para-hydroxylation sites is 1. The lowest BCUT2D eigenvalue weighted by atomic mass is 10.2. The average molecular weight is 374 g/mol. The fourth-order valence-corrected chi connectivity index (χ4v) is 2.60. The van der Waals surface area contributed by atoms with E-state index in [2.05, 4.69) is 21.2 Å². The Balaban J connectivity index is 2.25. The van der Waals surface area contributed by atoms with Gasteiger partial charge in [-0.3, -0.25) is 4.79 Å². The van der Waals surface area contributed by atoms with Crippen molar-refractivity contribution in [2.24, 2.45) is 0 Å². The maximum Gasteiger partial charge on any atom is 0.288 e. The zero-order valence-electron chi connectivity index (χ0n) is 10.5. The lowest BCUT2D eigenvalue weighted by Gasteiger charge is -2.11. The maximum atomic E-state index is 12.5. The first kappa shape index (κ1) is 15.8. The zero-order valence-corrected chi connectivity index (χ0v) is 12.9. The van der Waals surface area contributed by atoms with Crippen LogP contribution in [0.4, 0.5) is 14.5 Å². The standard InChI is InChI=1S/C14H10BrF2NO2S/c15-8-5-6-11(19)9(7-8)13(20)18-10-3-1-2-4-12(10)21-14(16)17/h1-7,14,19H,(H,18,20). The number of thioether (sulfide) groups is 1. The highest BCUT2D eigenvalue weighted by molar-refractivity contribution is 9.10. The molecule has 2 rings (SSSR count). The molecule has 0 aromatic heterocycles. The van der Waals surface area contributed by atoms with E-state index in [-0.39, 0.29) is 21.9 Å². The second-order valence-corrected chi connectivity index (χ2v) is 5.94. The van der Waals surface area contributed by atoms with Crippen LogP contribution in [0.3, 0.4) is 0 Å². The highest BCUT2D eigenvalue weighted by atomic mass is 79.9. The number of amides is 1. The Labute approximate surface area is 132 Å². The Hall–Kier alpha value is -1.60. The second kappa shape index (κ2) is 6.91. The molecule has 21 heavy (non-hydrogen) atoms. The molecule has 1 amide bonds. The van der Waals surface area contributed by atoms with E-state index in [1.54, 1.807) is 18.2 Å². The van der Waals surface area contributed by atoms with Crippen molar-refractivity contribution >= 4 is 39.3 Å². The molecule has 2 N–H and O–H groups in total. The van der Waals surface area contributed by atoms with Crippen LogP contribution in [0.15, 0.2) is 51.8 Å². The van der Waals surface area contributed by atoms with Crippen molar-refractivity contribution in [3.63, 3.8) is 0 Å². The number of alkyl halides is 2. The molecular formula is C14H10BrF2NO2S. The number of anilines is 1. The van der Waals surface area contributed by atoms with Gasteiger partial charge in [-0.25, -0.2) is 0 Å². The molecule has 2 aromatic rings. The third-order valence-corrected chi connectivity index (χ3v) is 3.84. The number of benzene rings is 2. The Morgan fingerprint density at radius 3 is 2.67 bits per heavy atom. The summed E-state index contributed by atoms with van der Waals surface area (Å²) in [5, 5.41) is 12.2. The summed E-state index contributed by atoms with van der Waals surface area (Å²) in [4.78, 5) is 12.4. The van der Waals surface area contributed by atoms with Gasteiger partial charge in [0.2, 0.25) is 0 Å². The molecule has 0 fully saturated rings. The van der Waals surface area contributed by atoms with Crippen LogP contribution in [-0.4, -0.2) is 16.8 Å². The first-order valence-electron chi connectivity index (χ1n) is 5.81. The second-order valence-electron chi connectivity index (χ2n) is 3.99. The first-order valence-corrected chi connectivity index (χ1v) is 7.48. The molecule has 2 aromatic carbocycles. The van der Waals surface area contributed by atoms with E-state index in [9.17, 15) is 18.7 Å². The van der Waals surface area contributed by atoms with Crippen LogP contribution in [-0.2, 0) is 0 Å². The minimum Gasteiger partial charge on any atom is -0.507 e. The Kier molecular flexibility index (Phi) is 5.19. The van der Waals surface area contributed by atoms with E-state index >= 15 is 0 Å². The van der Waals surface area contributed by atoms with Crippen LogP contribution < -0.4 is 5.32 Å². The molecule has 0 spiro atoms. The van der Waals surface area contributed by atoms with Gasteiger partial charge >= 0.3 is 0 Å². The van der Waals surface area contributed by atoms with Crippen LogP contribution >= 0.6 is 27.7 Å². The molecule has 0 radical (unpaired) electrons. The molecule has 7 heteroatoms. The van der Waals surface area contributed by atoms with Gasteiger partial charge in [-0.15, -0.1) is 0 Å². The average Bonchev–Trinajstić information content (AvgIpc) is 2.43. The first-order chi connectivity index (χ1) is 9.97. The molecule has 0 aliphatic carbocycles. The molecular weight excluding hydrogens is 364 g/mol. The van der Waals surface area contributed by atoms with Gasteiger partial charge in [-0.1, -0.05) is 39.8 Å². The SMILES string of the molecule is O=C(Nc1ccccc1SC(F)F)c1cc(Br)ccc1O. The van der Waals surface area contributed by atoms with Crippen LogP contribution in [0.5, 0.6) is 5.75 Å². The van der Waals surface area contributed by atoms with Crippen molar-refractivity contribution in [3.05, 3.63) is 52.5 Å². The van der Waals surface area contributed by atoms with Crippen LogP contribution in [0.2, 0.25) is 0 Å². The lowest BCUT2D eigenvalue weighted by Crippen LogP contribution is -2.13. The highest BCUT2D eigenvalue weighted by Crippen LogP contribution is 2.32. The van der Waals surface area contributed by atoms with Gasteiger partial charge in [-0.2, -0.15) is 8.78 Å². The van der Waals surface area contributed by atoms with Gasteiger partial charge in [0.05, 0.1) is 11.3 Å². The molecule has 0 saturated heterocycles.